The average molecular weight is 269 g/mol. The third kappa shape index (κ3) is 2.81. The minimum Gasteiger partial charge on any atom is -0.370 e. The number of pyridine rings is 1. The lowest BCUT2D eigenvalue weighted by Crippen LogP contribution is -2.22. The van der Waals surface area contributed by atoms with Gasteiger partial charge in [-0.25, -0.2) is 17.7 Å². The van der Waals surface area contributed by atoms with Crippen LogP contribution < -0.4 is 5.32 Å². The first-order valence-corrected chi connectivity index (χ1v) is 7.40. The molecular weight excluding hydrogens is 250 g/mol. The molecule has 1 heterocycles. The molecule has 0 amide bonds. The van der Waals surface area contributed by atoms with Crippen molar-refractivity contribution >= 4 is 15.8 Å². The van der Waals surface area contributed by atoms with Gasteiger partial charge in [0.1, 0.15) is 10.7 Å². The molecule has 1 saturated carbocycles. The molecule has 1 N–H and O–H groups in total. The lowest BCUT2D eigenvalue weighted by Gasteiger charge is -2.13. The summed E-state index contributed by atoms with van der Waals surface area (Å²) >= 11 is 0. The maximum atomic E-state index is 11.8. The van der Waals surface area contributed by atoms with E-state index in [4.69, 9.17) is 0 Å². The molecule has 1 aliphatic carbocycles. The normalized spacial score (nSPS) is 17.8. The fraction of sp³-hybridized carbons (Fsp3) is 0.583. The fourth-order valence-corrected chi connectivity index (χ4v) is 2.39. The molecule has 5 nitrogen and oxygen atoms in total. The Hall–Kier alpha value is -1.14. The van der Waals surface area contributed by atoms with Crippen molar-refractivity contribution in [2.45, 2.75) is 24.7 Å². The minimum absolute atomic E-state index is 0.218. The van der Waals surface area contributed by atoms with Crippen LogP contribution in [-0.2, 0) is 10.0 Å². The molecular formula is C12H19N3O2S. The van der Waals surface area contributed by atoms with E-state index in [1.165, 1.54) is 37.4 Å². The third-order valence-corrected chi connectivity index (χ3v) is 5.11. The fourth-order valence-electron chi connectivity index (χ4n) is 1.54. The van der Waals surface area contributed by atoms with Crippen LogP contribution in [0.25, 0.3) is 0 Å². The Morgan fingerprint density at radius 3 is 2.50 bits per heavy atom. The van der Waals surface area contributed by atoms with E-state index in [0.717, 1.165) is 12.4 Å². The van der Waals surface area contributed by atoms with Crippen molar-refractivity contribution in [1.82, 2.24) is 9.29 Å². The van der Waals surface area contributed by atoms with E-state index < -0.39 is 10.0 Å². The zero-order valence-corrected chi connectivity index (χ0v) is 11.8. The highest BCUT2D eigenvalue weighted by Gasteiger charge is 2.36. The number of hydrogen-bond acceptors (Lipinski definition) is 4. The van der Waals surface area contributed by atoms with Gasteiger partial charge < -0.3 is 5.32 Å². The third-order valence-electron chi connectivity index (χ3n) is 3.31. The largest absolute Gasteiger partial charge is 0.370 e. The Morgan fingerprint density at radius 2 is 2.06 bits per heavy atom. The number of rotatable bonds is 5. The molecule has 0 spiro atoms. The molecule has 1 aromatic rings. The molecule has 6 heteroatoms. The van der Waals surface area contributed by atoms with Crippen molar-refractivity contribution in [3.63, 3.8) is 0 Å². The number of nitrogens with one attached hydrogen (secondary N) is 1. The number of nitrogens with zero attached hydrogens (tertiary/aromatic N) is 2. The summed E-state index contributed by atoms with van der Waals surface area (Å²) < 4.78 is 24.9. The van der Waals surface area contributed by atoms with Gasteiger partial charge >= 0.3 is 0 Å². The first-order valence-electron chi connectivity index (χ1n) is 5.96. The van der Waals surface area contributed by atoms with Crippen LogP contribution in [0.5, 0.6) is 0 Å². The van der Waals surface area contributed by atoms with Crippen LogP contribution in [0.1, 0.15) is 19.8 Å². The minimum atomic E-state index is -3.38. The van der Waals surface area contributed by atoms with Gasteiger partial charge in [-0.05, 0) is 30.4 Å². The molecule has 0 aromatic carbocycles. The first-order chi connectivity index (χ1) is 8.33. The Labute approximate surface area is 108 Å². The SMILES string of the molecule is CN(C)S(=O)(=O)c1ccc(NCC2(C)CC2)nc1. The van der Waals surface area contributed by atoms with Crippen LogP contribution in [-0.4, -0.2) is 38.3 Å². The molecule has 0 bridgehead atoms. The van der Waals surface area contributed by atoms with E-state index in [0.29, 0.717) is 5.41 Å². The maximum Gasteiger partial charge on any atom is 0.244 e. The number of hydrogen-bond donors (Lipinski definition) is 1. The molecule has 0 saturated heterocycles. The van der Waals surface area contributed by atoms with E-state index >= 15 is 0 Å². The summed E-state index contributed by atoms with van der Waals surface area (Å²) in [6.45, 7) is 3.12. The molecule has 18 heavy (non-hydrogen) atoms. The van der Waals surface area contributed by atoms with Crippen LogP contribution in [0.4, 0.5) is 5.82 Å². The molecule has 0 aliphatic heterocycles. The van der Waals surface area contributed by atoms with Gasteiger partial charge in [0.25, 0.3) is 0 Å². The lowest BCUT2D eigenvalue weighted by atomic mass is 10.1. The van der Waals surface area contributed by atoms with Crippen molar-refractivity contribution < 1.29 is 8.42 Å². The van der Waals surface area contributed by atoms with Gasteiger partial charge in [-0.3, -0.25) is 0 Å². The summed E-state index contributed by atoms with van der Waals surface area (Å²) in [4.78, 5) is 4.36. The van der Waals surface area contributed by atoms with Crippen molar-refractivity contribution in [2.75, 3.05) is 26.0 Å². The predicted octanol–water partition coefficient (Wildman–Crippen LogP) is 1.54. The van der Waals surface area contributed by atoms with Crippen molar-refractivity contribution in [3.8, 4) is 0 Å². The second kappa shape index (κ2) is 4.51. The molecule has 100 valence electrons. The van der Waals surface area contributed by atoms with Gasteiger partial charge in [-0.15, -0.1) is 0 Å². The number of aromatic nitrogens is 1. The molecule has 2 rings (SSSR count). The standard InChI is InChI=1S/C12H19N3O2S/c1-12(6-7-12)9-14-11-5-4-10(8-13-11)18(16,17)15(2)3/h4-5,8H,6-7,9H2,1-3H3,(H,13,14). The quantitative estimate of drug-likeness (QED) is 0.881. The molecule has 0 radical (unpaired) electrons. The van der Waals surface area contributed by atoms with Crippen LogP contribution in [0.15, 0.2) is 23.2 Å². The topological polar surface area (TPSA) is 62.3 Å². The maximum absolute atomic E-state index is 11.8. The van der Waals surface area contributed by atoms with Gasteiger partial charge in [0.15, 0.2) is 0 Å². The molecule has 0 unspecified atom stereocenters. The summed E-state index contributed by atoms with van der Waals surface area (Å²) in [6.07, 6.45) is 3.88. The van der Waals surface area contributed by atoms with Gasteiger partial charge in [0.05, 0.1) is 0 Å². The van der Waals surface area contributed by atoms with Crippen LogP contribution in [0.3, 0.4) is 0 Å². The Balaban J connectivity index is 2.05. The Kier molecular flexibility index (Phi) is 3.33. The second-order valence-corrected chi connectivity index (χ2v) is 7.48. The van der Waals surface area contributed by atoms with Gasteiger partial charge in [0.2, 0.25) is 10.0 Å². The van der Waals surface area contributed by atoms with Crippen molar-refractivity contribution in [3.05, 3.63) is 18.3 Å². The summed E-state index contributed by atoms with van der Waals surface area (Å²) in [5.74, 6) is 0.723. The highest BCUT2D eigenvalue weighted by molar-refractivity contribution is 7.89. The van der Waals surface area contributed by atoms with Gasteiger partial charge in [0, 0.05) is 26.8 Å². The highest BCUT2D eigenvalue weighted by Crippen LogP contribution is 2.44. The molecule has 0 atom stereocenters. The average Bonchev–Trinajstić information content (AvgIpc) is 3.06. The zero-order chi connectivity index (χ0) is 13.4. The van der Waals surface area contributed by atoms with Crippen LogP contribution in [0.2, 0.25) is 0 Å². The second-order valence-electron chi connectivity index (χ2n) is 5.33. The monoisotopic (exact) mass is 269 g/mol. The van der Waals surface area contributed by atoms with E-state index in [9.17, 15) is 8.42 Å². The Morgan fingerprint density at radius 1 is 1.39 bits per heavy atom. The lowest BCUT2D eigenvalue weighted by molar-refractivity contribution is 0.520. The summed E-state index contributed by atoms with van der Waals surface area (Å²) in [6, 6.07) is 3.29. The molecule has 1 aliphatic rings. The molecule has 1 aromatic heterocycles. The molecule has 1 fully saturated rings. The summed E-state index contributed by atoms with van der Waals surface area (Å²) in [5.41, 5.74) is 0.399. The van der Waals surface area contributed by atoms with Gasteiger partial charge in [-0.1, -0.05) is 6.92 Å². The van der Waals surface area contributed by atoms with Crippen LogP contribution in [0, 0.1) is 5.41 Å². The van der Waals surface area contributed by atoms with E-state index in [2.05, 4.69) is 17.2 Å². The zero-order valence-electron chi connectivity index (χ0n) is 11.0. The first kappa shape index (κ1) is 13.3. The van der Waals surface area contributed by atoms with E-state index in [1.807, 2.05) is 0 Å². The summed E-state index contributed by atoms with van der Waals surface area (Å²) in [5, 5.41) is 3.24. The number of sulfonamides is 1. The predicted molar refractivity (Wildman–Crippen MR) is 70.9 cm³/mol. The van der Waals surface area contributed by atoms with E-state index in [1.54, 1.807) is 12.1 Å². The van der Waals surface area contributed by atoms with E-state index in [-0.39, 0.29) is 4.90 Å². The summed E-state index contributed by atoms with van der Waals surface area (Å²) in [7, 11) is -0.363. The van der Waals surface area contributed by atoms with Crippen molar-refractivity contribution in [2.24, 2.45) is 5.41 Å². The van der Waals surface area contributed by atoms with Gasteiger partial charge in [-0.2, -0.15) is 0 Å². The highest BCUT2D eigenvalue weighted by atomic mass is 32.2. The van der Waals surface area contributed by atoms with Crippen LogP contribution >= 0.6 is 0 Å². The smallest absolute Gasteiger partial charge is 0.244 e. The van der Waals surface area contributed by atoms with Crippen molar-refractivity contribution in [1.29, 1.82) is 0 Å². The number of anilines is 1. The Bertz CT molecular complexity index is 519.